The van der Waals surface area contributed by atoms with Gasteiger partial charge in [-0.1, -0.05) is 133 Å². The Morgan fingerprint density at radius 1 is 0.310 bits per heavy atom. The number of benzene rings is 4. The molecule has 0 spiro atoms. The molecule has 0 N–H and O–H groups in total. The van der Waals surface area contributed by atoms with Gasteiger partial charge in [-0.3, -0.25) is 0 Å². The molecule has 0 unspecified atom stereocenters. The molecule has 0 saturated carbocycles. The van der Waals surface area contributed by atoms with Crippen molar-refractivity contribution < 1.29 is 0 Å². The summed E-state index contributed by atoms with van der Waals surface area (Å²) in [5.41, 5.74) is 7.30. The molecule has 0 aliphatic carbocycles. The average molecular weight is 381 g/mol. The third kappa shape index (κ3) is 6.17. The van der Waals surface area contributed by atoms with Crippen LogP contribution >= 0.6 is 0 Å². The normalized spacial score (nSPS) is 10.9. The van der Waals surface area contributed by atoms with Gasteiger partial charge in [-0.25, -0.2) is 0 Å². The second kappa shape index (κ2) is 10.8. The molecule has 1 heteroatoms. The Bertz CT molecular complexity index is 968. The number of hydrogen-bond acceptors (Lipinski definition) is 0. The van der Waals surface area contributed by atoms with Crippen molar-refractivity contribution >= 4 is 53.9 Å². The summed E-state index contributed by atoms with van der Waals surface area (Å²) in [5.74, 6) is 0. The van der Waals surface area contributed by atoms with Gasteiger partial charge >= 0.3 is 0 Å². The Morgan fingerprint density at radius 3 is 0.897 bits per heavy atom. The molecule has 0 heterocycles. The molecule has 29 heavy (non-hydrogen) atoms. The molecule has 0 aromatic heterocycles. The molecule has 0 fully saturated rings. The van der Waals surface area contributed by atoms with E-state index in [-0.39, 0.29) is 29.6 Å². The first-order valence-electron chi connectivity index (χ1n) is 9.54. The van der Waals surface area contributed by atoms with E-state index in [9.17, 15) is 0 Å². The minimum Gasteiger partial charge on any atom is -0.0622 e. The van der Waals surface area contributed by atoms with Gasteiger partial charge in [0.25, 0.3) is 0 Å². The quantitative estimate of drug-likeness (QED) is 0.251. The summed E-state index contributed by atoms with van der Waals surface area (Å²) in [6, 6.07) is 38.1. The zero-order chi connectivity index (χ0) is 19.0. The summed E-state index contributed by atoms with van der Waals surface area (Å²) in [7, 11) is 0. The van der Waals surface area contributed by atoms with Crippen LogP contribution in [0.5, 0.6) is 0 Å². The molecular weight excluding hydrogens is 359 g/mol. The monoisotopic (exact) mass is 381 g/mol. The summed E-state index contributed by atoms with van der Waals surface area (Å²) >= 11 is 0. The summed E-state index contributed by atoms with van der Waals surface area (Å²) in [5, 5.41) is 0. The Balaban J connectivity index is 0.00000240. The largest absolute Gasteiger partial charge is 0.0622 e. The van der Waals surface area contributed by atoms with E-state index < -0.39 is 0 Å². The second-order valence-electron chi connectivity index (χ2n) is 6.73. The number of rotatable bonds is 5. The number of hydrogen-bond donors (Lipinski definition) is 0. The summed E-state index contributed by atoms with van der Waals surface area (Å²) < 4.78 is 0. The van der Waals surface area contributed by atoms with E-state index in [2.05, 4.69) is 121 Å². The molecule has 0 saturated heterocycles. The van der Waals surface area contributed by atoms with Crippen molar-refractivity contribution in [3.05, 3.63) is 131 Å². The van der Waals surface area contributed by atoms with E-state index in [1.54, 1.807) is 0 Å². The average Bonchev–Trinajstić information content (AvgIpc) is 2.78. The zero-order valence-electron chi connectivity index (χ0n) is 16.7. The van der Waals surface area contributed by atoms with E-state index in [1.807, 2.05) is 12.1 Å². The van der Waals surface area contributed by atoms with Crippen LogP contribution in [0.25, 0.3) is 35.4 Å². The maximum Gasteiger partial charge on any atom is 0 e. The molecule has 4 aromatic carbocycles. The molecule has 1 radical (unpaired) electrons. The molecule has 0 nitrogen and oxygen atoms in total. The van der Waals surface area contributed by atoms with Gasteiger partial charge < -0.3 is 0 Å². The predicted molar refractivity (Wildman–Crippen MR) is 128 cm³/mol. The van der Waals surface area contributed by atoms with E-state index >= 15 is 0 Å². The topological polar surface area (TPSA) is 0 Å². The van der Waals surface area contributed by atoms with Crippen LogP contribution in [0, 0.1) is 0 Å². The summed E-state index contributed by atoms with van der Waals surface area (Å²) in [6.45, 7) is 0. The van der Waals surface area contributed by atoms with Gasteiger partial charge in [-0.05, 0) is 33.4 Å². The molecule has 135 valence electrons. The van der Waals surface area contributed by atoms with Crippen LogP contribution in [0.3, 0.4) is 0 Å². The van der Waals surface area contributed by atoms with Crippen molar-refractivity contribution in [1.82, 2.24) is 0 Å². The Kier molecular flexibility index (Phi) is 7.84. The van der Waals surface area contributed by atoms with Gasteiger partial charge in [0.1, 0.15) is 0 Å². The van der Waals surface area contributed by atoms with Crippen molar-refractivity contribution in [2.75, 3.05) is 0 Å². The van der Waals surface area contributed by atoms with Crippen molar-refractivity contribution in [3.63, 3.8) is 0 Å². The van der Waals surface area contributed by atoms with Crippen molar-refractivity contribution in [2.45, 2.75) is 0 Å². The van der Waals surface area contributed by atoms with E-state index in [1.165, 1.54) is 33.4 Å². The van der Waals surface area contributed by atoms with Gasteiger partial charge in [-0.2, -0.15) is 0 Å². The van der Waals surface area contributed by atoms with Crippen molar-refractivity contribution in [1.29, 1.82) is 0 Å². The van der Waals surface area contributed by atoms with Crippen LogP contribution in [0.4, 0.5) is 0 Å². The first-order chi connectivity index (χ1) is 13.9. The SMILES string of the molecule is C(=Cc1ccc(-c2ccc(C=Cc3ccccc3)cc2)cc1)c1ccccc1.[Na]. The second-order valence-corrected chi connectivity index (χ2v) is 6.73. The van der Waals surface area contributed by atoms with Gasteiger partial charge in [0.05, 0.1) is 0 Å². The Labute approximate surface area is 195 Å². The summed E-state index contributed by atoms with van der Waals surface area (Å²) in [6.07, 6.45) is 8.58. The maximum absolute atomic E-state index is 2.18. The molecule has 4 rings (SSSR count). The first kappa shape index (κ1) is 21.1. The molecule has 0 amide bonds. The smallest absolute Gasteiger partial charge is 0 e. The molecular formula is C28H22Na. The summed E-state index contributed by atoms with van der Waals surface area (Å²) in [4.78, 5) is 0. The van der Waals surface area contributed by atoms with Gasteiger partial charge in [0.2, 0.25) is 0 Å². The maximum atomic E-state index is 2.18. The predicted octanol–water partition coefficient (Wildman–Crippen LogP) is 7.31. The van der Waals surface area contributed by atoms with Crippen LogP contribution in [0.2, 0.25) is 0 Å². The van der Waals surface area contributed by atoms with Crippen LogP contribution in [-0.4, -0.2) is 29.6 Å². The molecule has 0 atom stereocenters. The third-order valence-electron chi connectivity index (χ3n) is 4.69. The van der Waals surface area contributed by atoms with Crippen LogP contribution in [-0.2, 0) is 0 Å². The minimum atomic E-state index is 0. The molecule has 4 aromatic rings. The first-order valence-corrected chi connectivity index (χ1v) is 9.54. The molecule has 0 aliphatic rings. The van der Waals surface area contributed by atoms with Crippen LogP contribution < -0.4 is 0 Å². The van der Waals surface area contributed by atoms with E-state index in [4.69, 9.17) is 0 Å². The fourth-order valence-electron chi connectivity index (χ4n) is 3.09. The molecule has 0 aliphatic heterocycles. The molecule has 0 bridgehead atoms. The van der Waals surface area contributed by atoms with E-state index in [0.717, 1.165) is 0 Å². The minimum absolute atomic E-state index is 0. The van der Waals surface area contributed by atoms with Gasteiger partial charge in [0.15, 0.2) is 0 Å². The third-order valence-corrected chi connectivity index (χ3v) is 4.69. The fraction of sp³-hybridized carbons (Fsp3) is 0. The van der Waals surface area contributed by atoms with Crippen LogP contribution in [0.15, 0.2) is 109 Å². The van der Waals surface area contributed by atoms with Crippen molar-refractivity contribution in [2.24, 2.45) is 0 Å². The Morgan fingerprint density at radius 2 is 0.586 bits per heavy atom. The van der Waals surface area contributed by atoms with Gasteiger partial charge in [-0.15, -0.1) is 0 Å². The van der Waals surface area contributed by atoms with Crippen molar-refractivity contribution in [3.8, 4) is 11.1 Å². The Hall–Kier alpha value is -2.64. The van der Waals surface area contributed by atoms with Gasteiger partial charge in [0, 0.05) is 29.6 Å². The standard InChI is InChI=1S/C28H22.Na/c1-3-7-23(8-4-1)11-13-25-15-19-27(20-16-25)28-21-17-26(18-22-28)14-12-24-9-5-2-6-10-24;/h1-22H;. The zero-order valence-corrected chi connectivity index (χ0v) is 18.7. The fourth-order valence-corrected chi connectivity index (χ4v) is 3.09. The van der Waals surface area contributed by atoms with Crippen LogP contribution in [0.1, 0.15) is 22.3 Å². The van der Waals surface area contributed by atoms with E-state index in [0.29, 0.717) is 0 Å².